The Balaban J connectivity index is 0.909. The fourth-order valence-corrected chi connectivity index (χ4v) is 16.5. The zero-order valence-electron chi connectivity index (χ0n) is 47.1. The van der Waals surface area contributed by atoms with Gasteiger partial charge in [-0.25, -0.2) is 4.18 Å². The molecule has 9 aliphatic rings. The van der Waals surface area contributed by atoms with E-state index in [2.05, 4.69) is 46.9 Å². The van der Waals surface area contributed by atoms with Gasteiger partial charge in [-0.1, -0.05) is 57.1 Å². The molecule has 0 radical (unpaired) electrons. The fourth-order valence-electron chi connectivity index (χ4n) is 16.1. The van der Waals surface area contributed by atoms with E-state index in [-0.39, 0.29) is 35.4 Å². The first-order valence-corrected chi connectivity index (χ1v) is 29.4. The zero-order valence-corrected chi connectivity index (χ0v) is 47.9. The van der Waals surface area contributed by atoms with Crippen molar-refractivity contribution in [2.45, 2.75) is 228 Å². The van der Waals surface area contributed by atoms with E-state index in [9.17, 15) is 68.5 Å². The van der Waals surface area contributed by atoms with Crippen molar-refractivity contribution < 1.29 is 120 Å². The molecule has 10 N–H and O–H groups in total. The Morgan fingerprint density at radius 1 is 0.753 bits per heavy atom. The van der Waals surface area contributed by atoms with Crippen LogP contribution in [0.3, 0.4) is 0 Å². The van der Waals surface area contributed by atoms with Gasteiger partial charge < -0.3 is 93.3 Å². The number of carbonyl (C=O) groups is 2. The van der Waals surface area contributed by atoms with E-state index < -0.39 is 181 Å². The molecule has 0 aromatic rings. The van der Waals surface area contributed by atoms with Gasteiger partial charge in [0.25, 0.3) is 0 Å². The molecule has 4 aliphatic carbocycles. The third-order valence-electron chi connectivity index (χ3n) is 20.2. The minimum absolute atomic E-state index is 0.0211. The number of hydrogen-bond acceptors (Lipinski definition) is 24. The topological polar surface area (TPSA) is 372 Å². The van der Waals surface area contributed by atoms with E-state index >= 15 is 0 Å². The van der Waals surface area contributed by atoms with Crippen LogP contribution >= 0.6 is 0 Å². The van der Waals surface area contributed by atoms with Gasteiger partial charge in [-0.2, -0.15) is 8.42 Å². The maximum absolute atomic E-state index is 14.5. The van der Waals surface area contributed by atoms with Gasteiger partial charge >= 0.3 is 16.4 Å². The Hall–Kier alpha value is -2.49. The monoisotopic (exact) mass is 1180 g/mol. The summed E-state index contributed by atoms with van der Waals surface area (Å²) in [7, 11) is -3.99. The van der Waals surface area contributed by atoms with Crippen LogP contribution in [-0.2, 0) is 71.5 Å². The maximum Gasteiger partial charge on any atom is 0.397 e. The molecule has 3 saturated carbocycles. The van der Waals surface area contributed by atoms with Crippen molar-refractivity contribution in [3.05, 3.63) is 36.0 Å². The maximum atomic E-state index is 14.5. The SMILES string of the molecule is C=C(C)CCC(=O)[C@]1(C)OC(=O)[C@]23CC[C@@H]4C(=CC[C@H]5C(C)(C)[C@@H](O[C@@H]6OC[C@@H](OS(=O)(=O)O)[C@H](O)[C@H]6O[C@@H]6O[C@H](C)[C@@H](O[C@@H]7O[C@H](CO)[C@@H](O)[C@H](O[C@@H]8O[C@H](CO)[C@@H](O)[C@H](OC)[C@H]8O)[C@H]7O)[C@H](O)[C@H]6O)CC[C@]45C)[C@]2(C)CC(=C)[C@H]13. The Bertz CT molecular complexity index is 2510. The predicted molar refractivity (Wildman–Crippen MR) is 276 cm³/mol. The molecule has 0 unspecified atom stereocenters. The van der Waals surface area contributed by atoms with E-state index in [1.165, 1.54) is 19.6 Å². The van der Waals surface area contributed by atoms with Gasteiger partial charge in [0.2, 0.25) is 0 Å². The van der Waals surface area contributed by atoms with Crippen LogP contribution in [-0.4, -0.2) is 226 Å². The molecular formula is C55H84O25S. The predicted octanol–water partition coefficient (Wildman–Crippen LogP) is -0.216. The molecule has 26 heteroatoms. The Labute approximate surface area is 471 Å². The lowest BCUT2D eigenvalue weighted by Crippen LogP contribution is -2.67. The highest BCUT2D eigenvalue weighted by Gasteiger charge is 2.78. The third-order valence-corrected chi connectivity index (χ3v) is 20.7. The van der Waals surface area contributed by atoms with Crippen LogP contribution in [0.2, 0.25) is 0 Å². The molecule has 0 aromatic carbocycles. The molecule has 1 spiro atoms. The van der Waals surface area contributed by atoms with E-state index in [0.717, 1.165) is 11.1 Å². The number of esters is 1. The van der Waals surface area contributed by atoms with Gasteiger partial charge in [0.1, 0.15) is 85.5 Å². The second-order valence-corrected chi connectivity index (χ2v) is 26.4. The number of methoxy groups -OCH3 is 1. The average Bonchev–Trinajstić information content (AvgIpc) is 1.61. The van der Waals surface area contributed by atoms with E-state index in [1.807, 2.05) is 6.92 Å². The van der Waals surface area contributed by atoms with Crippen molar-refractivity contribution in [2.24, 2.45) is 39.4 Å². The Morgan fingerprint density at radius 3 is 1.95 bits per heavy atom. The molecule has 25 nitrogen and oxygen atoms in total. The number of ketones is 1. The second-order valence-electron chi connectivity index (χ2n) is 25.3. The largest absolute Gasteiger partial charge is 0.450 e. The number of ether oxygens (including phenoxy) is 10. The summed E-state index contributed by atoms with van der Waals surface area (Å²) in [6.07, 6.45) is -26.2. The third kappa shape index (κ3) is 10.6. The number of allylic oxidation sites excluding steroid dienone is 3. The van der Waals surface area contributed by atoms with Gasteiger partial charge in [0.05, 0.1) is 37.4 Å². The molecule has 81 heavy (non-hydrogen) atoms. The fraction of sp³-hybridized carbons (Fsp3) is 0.855. The number of cyclic esters (lactones) is 1. The number of hydrogen-bond donors (Lipinski definition) is 10. The molecule has 8 fully saturated rings. The quantitative estimate of drug-likeness (QED) is 0.0511. The number of fused-ring (bicyclic) bond motifs is 4. The van der Waals surface area contributed by atoms with Crippen LogP contribution in [0, 0.1) is 39.4 Å². The smallest absolute Gasteiger partial charge is 0.397 e. The van der Waals surface area contributed by atoms with Crippen LogP contribution in [0.5, 0.6) is 0 Å². The number of aliphatic hydroxyl groups excluding tert-OH is 9. The molecular weight excluding hydrogens is 1090 g/mol. The highest BCUT2D eigenvalue weighted by Crippen LogP contribution is 2.77. The molecule has 9 rings (SSSR count). The van der Waals surface area contributed by atoms with Crippen molar-refractivity contribution in [3.8, 4) is 0 Å². The van der Waals surface area contributed by atoms with Crippen molar-refractivity contribution in [1.82, 2.24) is 0 Å². The molecule has 0 amide bonds. The molecule has 5 saturated heterocycles. The summed E-state index contributed by atoms with van der Waals surface area (Å²) in [6, 6.07) is 0. The number of rotatable bonds is 17. The van der Waals surface area contributed by atoms with Crippen molar-refractivity contribution in [3.63, 3.8) is 0 Å². The lowest BCUT2D eigenvalue weighted by atomic mass is 9.40. The molecule has 0 aromatic heterocycles. The minimum atomic E-state index is -5.18. The van der Waals surface area contributed by atoms with Crippen LogP contribution in [0.1, 0.15) is 99.8 Å². The Morgan fingerprint density at radius 2 is 1.35 bits per heavy atom. The van der Waals surface area contributed by atoms with Gasteiger partial charge in [0.15, 0.2) is 36.5 Å². The average molecular weight is 1180 g/mol. The lowest BCUT2D eigenvalue weighted by Gasteiger charge is -2.64. The summed E-state index contributed by atoms with van der Waals surface area (Å²) >= 11 is 0. The normalized spacial score (nSPS) is 49.7. The summed E-state index contributed by atoms with van der Waals surface area (Å²) in [4.78, 5) is 28.4. The summed E-state index contributed by atoms with van der Waals surface area (Å²) in [5.41, 5.74) is -1.05. The number of aliphatic hydroxyl groups is 9. The van der Waals surface area contributed by atoms with E-state index in [0.29, 0.717) is 44.9 Å². The van der Waals surface area contributed by atoms with E-state index in [4.69, 9.17) is 51.6 Å². The minimum Gasteiger partial charge on any atom is -0.450 e. The van der Waals surface area contributed by atoms with Crippen LogP contribution in [0.4, 0.5) is 0 Å². The lowest BCUT2D eigenvalue weighted by molar-refractivity contribution is -0.389. The van der Waals surface area contributed by atoms with Gasteiger partial charge in [-0.15, -0.1) is 6.58 Å². The first kappa shape index (κ1) is 63.0. The van der Waals surface area contributed by atoms with Gasteiger partial charge in [-0.05, 0) is 88.4 Å². The van der Waals surface area contributed by atoms with Crippen LogP contribution < -0.4 is 0 Å². The van der Waals surface area contributed by atoms with Crippen molar-refractivity contribution in [2.75, 3.05) is 26.9 Å². The van der Waals surface area contributed by atoms with Crippen LogP contribution in [0.15, 0.2) is 36.0 Å². The number of carbonyl (C=O) groups excluding carboxylic acids is 2. The molecule has 5 heterocycles. The first-order valence-electron chi connectivity index (χ1n) is 28.0. The van der Waals surface area contributed by atoms with Crippen molar-refractivity contribution >= 4 is 22.2 Å². The molecule has 27 atom stereocenters. The van der Waals surface area contributed by atoms with Gasteiger partial charge in [-0.3, -0.25) is 14.1 Å². The van der Waals surface area contributed by atoms with Crippen molar-refractivity contribution in [1.29, 1.82) is 0 Å². The molecule has 460 valence electrons. The molecule has 0 bridgehead atoms. The summed E-state index contributed by atoms with van der Waals surface area (Å²) in [5, 5.41) is 99.2. The molecule has 5 aliphatic heterocycles. The van der Waals surface area contributed by atoms with E-state index in [1.54, 1.807) is 6.92 Å². The first-order chi connectivity index (χ1) is 37.8. The Kier molecular flexibility index (Phi) is 17.9. The second kappa shape index (κ2) is 23.0. The zero-order chi connectivity index (χ0) is 59.4. The summed E-state index contributed by atoms with van der Waals surface area (Å²) in [6.45, 7) is 19.8. The van der Waals surface area contributed by atoms with Gasteiger partial charge in [0, 0.05) is 24.9 Å². The summed E-state index contributed by atoms with van der Waals surface area (Å²) < 4.78 is 98.0. The van der Waals surface area contributed by atoms with Crippen LogP contribution in [0.25, 0.3) is 0 Å². The highest BCUT2D eigenvalue weighted by atomic mass is 32.3. The highest BCUT2D eigenvalue weighted by molar-refractivity contribution is 7.80. The summed E-state index contributed by atoms with van der Waals surface area (Å²) in [5.74, 6) is -0.954. The standard InChI is InChI=1S/C55H84O25S/c1-23(2)11-14-32(58)54(9)45-24(3)19-53(8)27-12-13-31-51(5,6)33(16-17-52(31,7)26(27)15-18-55(45,53)50(66)79-54)75-49-44(36(61)30(22-71-49)80-81(67,68)69)78-46-38(63)37(62)41(25(4)72-46)76-48-40(65)43(35(60)29(21-57)74-48)77-47-39(64)42(70-10)34(59)28(20-56)73-47/h12,25-26,28-31,33-49,56-57,59-65H,1,3,11,13-22H2,2,4-10H3,(H,67,68,69)/t25-,26-,28-,29-,30-,31+,33+,34-,35-,36+,37-,38-,39-,40-,41-,42+,43+,44-,45-,46+,47+,48+,49+,52-,53+,54+,55-/m1/s1. The number of Topliss-reactive ketones (excluding diaryl/α,β-unsaturated/α-hetero) is 1.